The van der Waals surface area contributed by atoms with E-state index in [0.717, 1.165) is 48.4 Å². The molecule has 2 unspecified atom stereocenters. The zero-order chi connectivity index (χ0) is 34.2. The van der Waals surface area contributed by atoms with E-state index in [2.05, 4.69) is 90.4 Å². The molecular weight excluding hydrogens is 603 g/mol. The summed E-state index contributed by atoms with van der Waals surface area (Å²) in [5, 5.41) is 6.51. The minimum Gasteiger partial charge on any atom is -0.356 e. The fraction of sp³-hybridized carbons (Fsp3) is 0.545. The first kappa shape index (κ1) is 36.8. The molecule has 1 saturated heterocycles. The van der Waals surface area contributed by atoms with Crippen LogP contribution < -0.4 is 10.6 Å². The van der Waals surface area contributed by atoms with E-state index in [-0.39, 0.29) is 11.8 Å². The maximum atomic E-state index is 13.6. The highest BCUT2D eigenvalue weighted by atomic mass is 16.2. The maximum Gasteiger partial charge on any atom is 0.221 e. The van der Waals surface area contributed by atoms with Gasteiger partial charge in [0.2, 0.25) is 11.8 Å². The van der Waals surface area contributed by atoms with Crippen molar-refractivity contribution in [2.24, 2.45) is 11.8 Å². The van der Waals surface area contributed by atoms with E-state index >= 15 is 0 Å². The van der Waals surface area contributed by atoms with Gasteiger partial charge in [0.15, 0.2) is 0 Å². The van der Waals surface area contributed by atoms with Gasteiger partial charge in [-0.25, -0.2) is 0 Å². The summed E-state index contributed by atoms with van der Waals surface area (Å²) in [5.41, 5.74) is 2.73. The standard InChI is InChI=1S/C44H61N3O2/c1-2-47(35-37-21-10-4-3-5-11-22-37)32-20-23-38(36-47)34-46-42(48)30-18-9-19-31-45-43(49)33-44(39-24-12-6-13-25-39,40-26-14-7-15-27-40)41-28-16-8-17-29-41/h6-8,12-17,24-29,37-38H,2-5,9-11,18-23,30-36H2,1H3,(H-,45,46,48,49)/p+1. The first-order valence-electron chi connectivity index (χ1n) is 19.6. The number of amides is 2. The summed E-state index contributed by atoms with van der Waals surface area (Å²) in [6.07, 6.45) is 16.0. The molecule has 5 rings (SSSR count). The number of nitrogens with one attached hydrogen (secondary N) is 2. The number of carbonyl (C=O) groups is 2. The summed E-state index contributed by atoms with van der Waals surface area (Å²) < 4.78 is 1.26. The Labute approximate surface area is 296 Å². The highest BCUT2D eigenvalue weighted by Crippen LogP contribution is 2.42. The molecule has 0 bridgehead atoms. The quantitative estimate of drug-likeness (QED) is 0.0914. The summed E-state index contributed by atoms with van der Waals surface area (Å²) in [6, 6.07) is 31.2. The average molecular weight is 665 g/mol. The van der Waals surface area contributed by atoms with Crippen molar-refractivity contribution >= 4 is 11.8 Å². The van der Waals surface area contributed by atoms with Gasteiger partial charge in [0.05, 0.1) is 31.6 Å². The van der Waals surface area contributed by atoms with Crippen molar-refractivity contribution in [1.82, 2.24) is 10.6 Å². The van der Waals surface area contributed by atoms with Gasteiger partial charge in [-0.2, -0.15) is 0 Å². The van der Waals surface area contributed by atoms with Gasteiger partial charge in [-0.1, -0.05) is 130 Å². The number of benzene rings is 3. The van der Waals surface area contributed by atoms with Crippen molar-refractivity contribution in [2.75, 3.05) is 39.3 Å². The molecular formula is C44H62N3O2+. The Kier molecular flexibility index (Phi) is 14.3. The molecule has 0 spiro atoms. The van der Waals surface area contributed by atoms with E-state index in [4.69, 9.17) is 0 Å². The Hall–Kier alpha value is -3.44. The van der Waals surface area contributed by atoms with Gasteiger partial charge >= 0.3 is 0 Å². The van der Waals surface area contributed by atoms with Gasteiger partial charge in [0, 0.05) is 37.8 Å². The third kappa shape index (κ3) is 10.5. The molecule has 2 amide bonds. The number of likely N-dealkylation sites (tertiary alicyclic amines) is 1. The molecule has 264 valence electrons. The smallest absolute Gasteiger partial charge is 0.221 e. The molecule has 1 heterocycles. The van der Waals surface area contributed by atoms with Gasteiger partial charge in [-0.15, -0.1) is 0 Å². The second kappa shape index (κ2) is 19.1. The summed E-state index contributed by atoms with van der Waals surface area (Å²) in [4.78, 5) is 26.4. The number of piperidine rings is 1. The lowest BCUT2D eigenvalue weighted by Gasteiger charge is -2.46. The average Bonchev–Trinajstić information content (AvgIpc) is 3.13. The highest BCUT2D eigenvalue weighted by molar-refractivity contribution is 5.80. The number of unbranched alkanes of at least 4 members (excludes halogenated alkanes) is 2. The van der Waals surface area contributed by atoms with Crippen molar-refractivity contribution < 1.29 is 14.1 Å². The van der Waals surface area contributed by atoms with Gasteiger partial charge in [-0.05, 0) is 62.1 Å². The van der Waals surface area contributed by atoms with E-state index in [0.29, 0.717) is 25.3 Å². The van der Waals surface area contributed by atoms with Crippen LogP contribution >= 0.6 is 0 Å². The molecule has 2 aliphatic rings. The predicted octanol–water partition coefficient (Wildman–Crippen LogP) is 8.81. The molecule has 1 saturated carbocycles. The number of hydrogen-bond donors (Lipinski definition) is 2. The Bertz CT molecular complexity index is 1290. The first-order chi connectivity index (χ1) is 24.0. The van der Waals surface area contributed by atoms with Crippen LogP contribution in [0, 0.1) is 11.8 Å². The Morgan fingerprint density at radius 3 is 1.78 bits per heavy atom. The fourth-order valence-corrected chi connectivity index (χ4v) is 8.90. The van der Waals surface area contributed by atoms with Gasteiger partial charge < -0.3 is 15.1 Å². The Morgan fingerprint density at radius 1 is 0.653 bits per heavy atom. The topological polar surface area (TPSA) is 58.2 Å². The number of nitrogens with zero attached hydrogens (tertiary/aromatic N) is 1. The van der Waals surface area contributed by atoms with Crippen LogP contribution in [0.2, 0.25) is 0 Å². The predicted molar refractivity (Wildman–Crippen MR) is 202 cm³/mol. The van der Waals surface area contributed by atoms with Crippen molar-refractivity contribution in [3.8, 4) is 0 Å². The largest absolute Gasteiger partial charge is 0.356 e. The van der Waals surface area contributed by atoms with Crippen LogP contribution in [-0.2, 0) is 15.0 Å². The molecule has 2 N–H and O–H groups in total. The maximum absolute atomic E-state index is 13.6. The first-order valence-corrected chi connectivity index (χ1v) is 19.6. The molecule has 2 fully saturated rings. The van der Waals surface area contributed by atoms with Crippen LogP contribution in [0.5, 0.6) is 0 Å². The van der Waals surface area contributed by atoms with E-state index in [1.54, 1.807) is 0 Å². The number of carbonyl (C=O) groups excluding carboxylic acids is 2. The molecule has 5 heteroatoms. The monoisotopic (exact) mass is 664 g/mol. The lowest BCUT2D eigenvalue weighted by Crippen LogP contribution is -2.57. The van der Waals surface area contributed by atoms with Crippen LogP contribution in [0.15, 0.2) is 91.0 Å². The molecule has 0 aromatic heterocycles. The summed E-state index contributed by atoms with van der Waals surface area (Å²) >= 11 is 0. The zero-order valence-electron chi connectivity index (χ0n) is 30.2. The third-order valence-corrected chi connectivity index (χ3v) is 11.6. The third-order valence-electron chi connectivity index (χ3n) is 11.6. The highest BCUT2D eigenvalue weighted by Gasteiger charge is 2.39. The lowest BCUT2D eigenvalue weighted by atomic mass is 9.67. The van der Waals surface area contributed by atoms with Crippen molar-refractivity contribution in [3.05, 3.63) is 108 Å². The fourth-order valence-electron chi connectivity index (χ4n) is 8.90. The normalized spacial score (nSPS) is 20.6. The van der Waals surface area contributed by atoms with E-state index in [9.17, 15) is 9.59 Å². The van der Waals surface area contributed by atoms with Crippen LogP contribution in [-0.4, -0.2) is 55.6 Å². The second-order valence-electron chi connectivity index (χ2n) is 15.1. The van der Waals surface area contributed by atoms with Gasteiger partial charge in [-0.3, -0.25) is 9.59 Å². The van der Waals surface area contributed by atoms with Gasteiger partial charge in [0.25, 0.3) is 0 Å². The molecule has 1 aliphatic carbocycles. The SMILES string of the molecule is CC[N+]1(CC2CCCCCCC2)CCCC(CNC(=O)CCCCCNC(=O)CC(c2ccccc2)(c2ccccc2)c2ccccc2)C1. The van der Waals surface area contributed by atoms with Crippen molar-refractivity contribution in [2.45, 2.75) is 102 Å². The van der Waals surface area contributed by atoms with Crippen LogP contribution in [0.1, 0.15) is 114 Å². The Balaban J connectivity index is 1.05. The number of quaternary nitrogens is 1. The lowest BCUT2D eigenvalue weighted by molar-refractivity contribution is -0.937. The second-order valence-corrected chi connectivity index (χ2v) is 15.1. The molecule has 5 nitrogen and oxygen atoms in total. The zero-order valence-corrected chi connectivity index (χ0v) is 30.2. The van der Waals surface area contributed by atoms with Crippen LogP contribution in [0.25, 0.3) is 0 Å². The molecule has 49 heavy (non-hydrogen) atoms. The molecule has 0 radical (unpaired) electrons. The van der Waals surface area contributed by atoms with Crippen LogP contribution in [0.3, 0.4) is 0 Å². The number of rotatable bonds is 16. The Morgan fingerprint density at radius 2 is 1.20 bits per heavy atom. The minimum atomic E-state index is -0.589. The molecule has 3 aromatic rings. The summed E-state index contributed by atoms with van der Waals surface area (Å²) in [6.45, 7) is 8.96. The van der Waals surface area contributed by atoms with Gasteiger partial charge in [0.1, 0.15) is 0 Å². The van der Waals surface area contributed by atoms with Crippen molar-refractivity contribution in [3.63, 3.8) is 0 Å². The minimum absolute atomic E-state index is 0.0397. The number of hydrogen-bond acceptors (Lipinski definition) is 2. The summed E-state index contributed by atoms with van der Waals surface area (Å²) in [7, 11) is 0. The van der Waals surface area contributed by atoms with Crippen LogP contribution in [0.4, 0.5) is 0 Å². The van der Waals surface area contributed by atoms with E-state index in [1.807, 2.05) is 18.2 Å². The summed E-state index contributed by atoms with van der Waals surface area (Å²) in [5.74, 6) is 1.70. The van der Waals surface area contributed by atoms with Crippen molar-refractivity contribution in [1.29, 1.82) is 0 Å². The molecule has 2 atom stereocenters. The van der Waals surface area contributed by atoms with E-state index in [1.165, 1.54) is 88.4 Å². The molecule has 1 aliphatic heterocycles. The van der Waals surface area contributed by atoms with E-state index < -0.39 is 5.41 Å². The molecule has 3 aromatic carbocycles.